The van der Waals surface area contributed by atoms with Gasteiger partial charge in [0.25, 0.3) is 0 Å². The maximum absolute atomic E-state index is 11.1. The van der Waals surface area contributed by atoms with Gasteiger partial charge in [-0.25, -0.2) is 14.6 Å². The van der Waals surface area contributed by atoms with Gasteiger partial charge in [0.05, 0.1) is 0 Å². The van der Waals surface area contributed by atoms with Gasteiger partial charge in [-0.1, -0.05) is 0 Å². The first-order valence-corrected chi connectivity index (χ1v) is 4.51. The van der Waals surface area contributed by atoms with E-state index < -0.39 is 12.2 Å². The third kappa shape index (κ3) is 3.82. The second kappa shape index (κ2) is 5.54. The van der Waals surface area contributed by atoms with E-state index in [1.807, 2.05) is 0 Å². The van der Waals surface area contributed by atoms with E-state index in [-0.39, 0.29) is 11.6 Å². The minimum atomic E-state index is -0.984. The van der Waals surface area contributed by atoms with Crippen molar-refractivity contribution in [2.45, 2.75) is 6.92 Å². The van der Waals surface area contributed by atoms with Crippen LogP contribution in [0.3, 0.4) is 0 Å². The molecule has 1 aromatic rings. The Hall–Kier alpha value is -2.31. The van der Waals surface area contributed by atoms with Gasteiger partial charge in [0, 0.05) is 18.8 Å². The minimum absolute atomic E-state index is 0.0331. The van der Waals surface area contributed by atoms with Crippen LogP contribution >= 0.6 is 0 Å². The molecule has 0 spiro atoms. The number of hydrogen-bond donors (Lipinski definition) is 2. The number of pyridine rings is 1. The fourth-order valence-corrected chi connectivity index (χ4v) is 0.901. The molecule has 0 aliphatic carbocycles. The normalized spacial score (nSPS) is 9.31. The number of rotatable bonds is 3. The molecule has 1 rings (SSSR count). The van der Waals surface area contributed by atoms with Crippen LogP contribution in [0.4, 0.5) is 9.59 Å². The molecule has 0 saturated heterocycles. The Balaban J connectivity index is 2.67. The number of primary amides is 1. The van der Waals surface area contributed by atoms with Crippen LogP contribution in [0.5, 0.6) is 11.6 Å². The Morgan fingerprint density at radius 3 is 2.88 bits per heavy atom. The molecule has 2 amide bonds. The Bertz CT molecular complexity index is 394. The number of nitrogens with two attached hydrogens (primary N) is 1. The zero-order valence-corrected chi connectivity index (χ0v) is 8.60. The van der Waals surface area contributed by atoms with Crippen LogP contribution in [0.1, 0.15) is 6.92 Å². The first-order chi connectivity index (χ1) is 7.61. The summed E-state index contributed by atoms with van der Waals surface area (Å²) in [6.45, 7) is 2.21. The van der Waals surface area contributed by atoms with Crippen LogP contribution in [-0.2, 0) is 0 Å². The first-order valence-electron chi connectivity index (χ1n) is 4.51. The van der Waals surface area contributed by atoms with Gasteiger partial charge in [0.2, 0.25) is 5.88 Å². The summed E-state index contributed by atoms with van der Waals surface area (Å²) in [5, 5.41) is 2.44. The molecule has 16 heavy (non-hydrogen) atoms. The third-order valence-electron chi connectivity index (χ3n) is 1.44. The van der Waals surface area contributed by atoms with Gasteiger partial charge in [0.1, 0.15) is 5.75 Å². The highest BCUT2D eigenvalue weighted by atomic mass is 16.6. The van der Waals surface area contributed by atoms with E-state index in [4.69, 9.17) is 10.5 Å². The molecule has 0 bridgehead atoms. The van der Waals surface area contributed by atoms with Gasteiger partial charge < -0.3 is 20.5 Å². The standard InChI is InChI=1S/C9H11N3O4/c1-2-11-9(14)15-6-3-4-12-7(5-6)16-8(10)13/h3-5H,2H2,1H3,(H2,10,13)(H,11,14). The van der Waals surface area contributed by atoms with E-state index in [9.17, 15) is 9.59 Å². The number of aromatic nitrogens is 1. The van der Waals surface area contributed by atoms with E-state index in [0.29, 0.717) is 6.54 Å². The summed E-state index contributed by atoms with van der Waals surface area (Å²) < 4.78 is 9.37. The van der Waals surface area contributed by atoms with Crippen molar-refractivity contribution in [2.24, 2.45) is 5.73 Å². The highest BCUT2D eigenvalue weighted by Gasteiger charge is 2.06. The molecule has 86 valence electrons. The lowest BCUT2D eigenvalue weighted by molar-refractivity contribution is 0.200. The number of nitrogens with one attached hydrogen (secondary N) is 1. The van der Waals surface area contributed by atoms with Gasteiger partial charge in [-0.15, -0.1) is 0 Å². The van der Waals surface area contributed by atoms with Gasteiger partial charge >= 0.3 is 12.2 Å². The average Bonchev–Trinajstić information content (AvgIpc) is 2.17. The summed E-state index contributed by atoms with van der Waals surface area (Å²) in [5.74, 6) is 0.173. The van der Waals surface area contributed by atoms with Crippen molar-refractivity contribution in [2.75, 3.05) is 6.54 Å². The second-order valence-electron chi connectivity index (χ2n) is 2.67. The molecule has 3 N–H and O–H groups in total. The Kier molecular flexibility index (Phi) is 4.07. The molecule has 0 unspecified atom stereocenters. The average molecular weight is 225 g/mol. The molecule has 0 aliphatic heterocycles. The Labute approximate surface area is 91.6 Å². The first kappa shape index (κ1) is 11.8. The summed E-state index contributed by atoms with van der Waals surface area (Å²) in [6.07, 6.45) is -0.256. The molecule has 0 radical (unpaired) electrons. The quantitative estimate of drug-likeness (QED) is 0.785. The zero-order chi connectivity index (χ0) is 12.0. The van der Waals surface area contributed by atoms with Crippen molar-refractivity contribution in [3.05, 3.63) is 18.3 Å². The molecule has 7 heteroatoms. The van der Waals surface area contributed by atoms with Crippen molar-refractivity contribution >= 4 is 12.2 Å². The Morgan fingerprint density at radius 2 is 2.25 bits per heavy atom. The van der Waals surface area contributed by atoms with Gasteiger partial charge in [-0.3, -0.25) is 0 Å². The number of ether oxygens (including phenoxy) is 2. The number of nitrogens with zero attached hydrogens (tertiary/aromatic N) is 1. The molecule has 0 atom stereocenters. The lowest BCUT2D eigenvalue weighted by Crippen LogP contribution is -2.26. The van der Waals surface area contributed by atoms with Gasteiger partial charge in [-0.05, 0) is 13.0 Å². The molecule has 0 aromatic carbocycles. The largest absolute Gasteiger partial charge is 0.412 e. The van der Waals surface area contributed by atoms with Crippen molar-refractivity contribution in [3.8, 4) is 11.6 Å². The maximum Gasteiger partial charge on any atom is 0.412 e. The van der Waals surface area contributed by atoms with Crippen LogP contribution in [0.2, 0.25) is 0 Å². The fourth-order valence-electron chi connectivity index (χ4n) is 0.901. The molecule has 0 aliphatic rings. The molecule has 1 heterocycles. The smallest absolute Gasteiger partial charge is 0.410 e. The van der Waals surface area contributed by atoms with Crippen LogP contribution in [0.25, 0.3) is 0 Å². The van der Waals surface area contributed by atoms with E-state index in [1.54, 1.807) is 6.92 Å². The Morgan fingerprint density at radius 1 is 1.50 bits per heavy atom. The number of hydrogen-bond acceptors (Lipinski definition) is 5. The molecule has 0 saturated carbocycles. The molecular formula is C9H11N3O4. The second-order valence-corrected chi connectivity index (χ2v) is 2.67. The highest BCUT2D eigenvalue weighted by Crippen LogP contribution is 2.16. The van der Waals surface area contributed by atoms with Crippen LogP contribution in [0.15, 0.2) is 18.3 Å². The zero-order valence-electron chi connectivity index (χ0n) is 8.60. The van der Waals surface area contributed by atoms with E-state index in [0.717, 1.165) is 0 Å². The number of carbonyl (C=O) groups is 2. The van der Waals surface area contributed by atoms with Crippen LogP contribution in [0, 0.1) is 0 Å². The van der Waals surface area contributed by atoms with Gasteiger partial charge in [-0.2, -0.15) is 0 Å². The minimum Gasteiger partial charge on any atom is -0.410 e. The fraction of sp³-hybridized carbons (Fsp3) is 0.222. The van der Waals surface area contributed by atoms with Gasteiger partial charge in [0.15, 0.2) is 0 Å². The van der Waals surface area contributed by atoms with E-state index >= 15 is 0 Å². The maximum atomic E-state index is 11.1. The summed E-state index contributed by atoms with van der Waals surface area (Å²) in [6, 6.07) is 2.73. The van der Waals surface area contributed by atoms with Crippen molar-refractivity contribution in [1.82, 2.24) is 10.3 Å². The van der Waals surface area contributed by atoms with Crippen LogP contribution in [-0.4, -0.2) is 23.7 Å². The van der Waals surface area contributed by atoms with E-state index in [1.165, 1.54) is 18.3 Å². The van der Waals surface area contributed by atoms with Crippen molar-refractivity contribution < 1.29 is 19.1 Å². The van der Waals surface area contributed by atoms with Crippen LogP contribution < -0.4 is 20.5 Å². The summed E-state index contributed by atoms with van der Waals surface area (Å²) in [7, 11) is 0. The van der Waals surface area contributed by atoms with Crippen molar-refractivity contribution in [1.29, 1.82) is 0 Å². The number of carbonyl (C=O) groups excluding carboxylic acids is 2. The summed E-state index contributed by atoms with van der Waals surface area (Å²) in [4.78, 5) is 25.2. The monoisotopic (exact) mass is 225 g/mol. The molecular weight excluding hydrogens is 214 g/mol. The number of amides is 2. The highest BCUT2D eigenvalue weighted by molar-refractivity contribution is 5.70. The third-order valence-corrected chi connectivity index (χ3v) is 1.44. The van der Waals surface area contributed by atoms with Crippen molar-refractivity contribution in [3.63, 3.8) is 0 Å². The summed E-state index contributed by atoms with van der Waals surface area (Å²) in [5.41, 5.74) is 4.80. The predicted octanol–water partition coefficient (Wildman–Crippen LogP) is 0.647. The van der Waals surface area contributed by atoms with E-state index in [2.05, 4.69) is 15.0 Å². The lowest BCUT2D eigenvalue weighted by Gasteiger charge is -2.05. The lowest BCUT2D eigenvalue weighted by atomic mass is 10.4. The topological polar surface area (TPSA) is 104 Å². The SMILES string of the molecule is CCNC(=O)Oc1ccnc(OC(N)=O)c1. The molecule has 7 nitrogen and oxygen atoms in total. The molecule has 1 aromatic heterocycles. The summed E-state index contributed by atoms with van der Waals surface area (Å²) >= 11 is 0. The molecule has 0 fully saturated rings. The predicted molar refractivity (Wildman–Crippen MR) is 54.1 cm³/mol.